The van der Waals surface area contributed by atoms with Gasteiger partial charge in [-0.05, 0) is 47.5 Å². The third-order valence-electron chi connectivity index (χ3n) is 3.17. The van der Waals surface area contributed by atoms with Crippen LogP contribution in [0.25, 0.3) is 0 Å². The highest BCUT2D eigenvalue weighted by molar-refractivity contribution is 9.10. The largest absolute Gasteiger partial charge is 0.480 e. The van der Waals surface area contributed by atoms with Crippen LogP contribution in [0.3, 0.4) is 0 Å². The van der Waals surface area contributed by atoms with Crippen molar-refractivity contribution in [1.82, 2.24) is 10.2 Å². The number of piperazine rings is 1. The Hall–Kier alpha value is -1.07. The third-order valence-corrected chi connectivity index (χ3v) is 3.79. The first-order valence-corrected chi connectivity index (χ1v) is 7.29. The Labute approximate surface area is 122 Å². The van der Waals surface area contributed by atoms with E-state index in [1.807, 2.05) is 30.0 Å². The van der Waals surface area contributed by atoms with Gasteiger partial charge in [0.25, 0.3) is 5.91 Å². The van der Waals surface area contributed by atoms with E-state index < -0.39 is 6.10 Å². The van der Waals surface area contributed by atoms with E-state index in [4.69, 9.17) is 4.74 Å². The summed E-state index contributed by atoms with van der Waals surface area (Å²) in [6.45, 7) is 7.03. The Kier molecular flexibility index (Phi) is 4.82. The molecule has 1 heterocycles. The Morgan fingerprint density at radius 2 is 2.11 bits per heavy atom. The highest BCUT2D eigenvalue weighted by atomic mass is 79.9. The topological polar surface area (TPSA) is 41.6 Å². The van der Waals surface area contributed by atoms with Gasteiger partial charge in [-0.15, -0.1) is 0 Å². The van der Waals surface area contributed by atoms with Crippen molar-refractivity contribution in [2.75, 3.05) is 26.2 Å². The summed E-state index contributed by atoms with van der Waals surface area (Å²) < 4.78 is 6.64. The molecule has 104 valence electrons. The van der Waals surface area contributed by atoms with Crippen LogP contribution in [-0.2, 0) is 4.79 Å². The molecule has 1 fully saturated rings. The molecule has 1 saturated heterocycles. The van der Waals surface area contributed by atoms with E-state index in [1.54, 1.807) is 6.92 Å². The maximum atomic E-state index is 12.2. The van der Waals surface area contributed by atoms with E-state index in [2.05, 4.69) is 21.2 Å². The van der Waals surface area contributed by atoms with Crippen LogP contribution in [0.15, 0.2) is 22.7 Å². The van der Waals surface area contributed by atoms with Crippen LogP contribution in [0.2, 0.25) is 0 Å². The molecule has 0 aliphatic carbocycles. The molecule has 5 heteroatoms. The second-order valence-electron chi connectivity index (χ2n) is 4.77. The smallest absolute Gasteiger partial charge is 0.263 e. The molecule has 4 nitrogen and oxygen atoms in total. The van der Waals surface area contributed by atoms with Crippen molar-refractivity contribution in [3.63, 3.8) is 0 Å². The minimum absolute atomic E-state index is 0.0500. The number of carbonyl (C=O) groups excluding carboxylic acids is 1. The van der Waals surface area contributed by atoms with Gasteiger partial charge in [-0.3, -0.25) is 4.79 Å². The molecule has 1 aliphatic heterocycles. The lowest BCUT2D eigenvalue weighted by Gasteiger charge is -2.29. The normalized spacial score (nSPS) is 17.1. The van der Waals surface area contributed by atoms with Crippen molar-refractivity contribution in [2.24, 2.45) is 0 Å². The molecule has 1 aromatic carbocycles. The maximum Gasteiger partial charge on any atom is 0.263 e. The summed E-state index contributed by atoms with van der Waals surface area (Å²) in [5, 5.41) is 3.23. The molecule has 0 saturated carbocycles. The average molecular weight is 327 g/mol. The highest BCUT2D eigenvalue weighted by Crippen LogP contribution is 2.26. The first-order valence-electron chi connectivity index (χ1n) is 6.50. The van der Waals surface area contributed by atoms with Gasteiger partial charge in [-0.2, -0.15) is 0 Å². The van der Waals surface area contributed by atoms with E-state index in [9.17, 15) is 4.79 Å². The van der Waals surface area contributed by atoms with Crippen molar-refractivity contribution < 1.29 is 9.53 Å². The van der Waals surface area contributed by atoms with Gasteiger partial charge in [0.15, 0.2) is 6.10 Å². The molecule has 1 N–H and O–H groups in total. The molecule has 0 bridgehead atoms. The lowest BCUT2D eigenvalue weighted by Crippen LogP contribution is -2.50. The Balaban J connectivity index is 1.99. The predicted molar refractivity (Wildman–Crippen MR) is 78.4 cm³/mol. The number of aryl methyl sites for hydroxylation is 1. The molecule has 0 aromatic heterocycles. The summed E-state index contributed by atoms with van der Waals surface area (Å²) in [5.41, 5.74) is 1.15. The average Bonchev–Trinajstić information content (AvgIpc) is 2.42. The standard InChI is InChI=1S/C14H19BrN2O2/c1-10-3-4-13(12(15)9-10)19-11(2)14(18)17-7-5-16-6-8-17/h3-4,9,11,16H,5-8H2,1-2H3. The summed E-state index contributed by atoms with van der Waals surface area (Å²) >= 11 is 3.46. The zero-order chi connectivity index (χ0) is 13.8. The maximum absolute atomic E-state index is 12.2. The van der Waals surface area contributed by atoms with Crippen LogP contribution < -0.4 is 10.1 Å². The monoisotopic (exact) mass is 326 g/mol. The van der Waals surface area contributed by atoms with Gasteiger partial charge in [0, 0.05) is 26.2 Å². The minimum atomic E-state index is -0.461. The molecule has 2 rings (SSSR count). The fourth-order valence-corrected chi connectivity index (χ4v) is 2.67. The fraction of sp³-hybridized carbons (Fsp3) is 0.500. The van der Waals surface area contributed by atoms with Crippen molar-refractivity contribution >= 4 is 21.8 Å². The van der Waals surface area contributed by atoms with Crippen molar-refractivity contribution in [1.29, 1.82) is 0 Å². The van der Waals surface area contributed by atoms with Crippen LogP contribution in [0, 0.1) is 6.92 Å². The molecule has 0 spiro atoms. The number of nitrogens with zero attached hydrogens (tertiary/aromatic N) is 1. The molecule has 0 radical (unpaired) electrons. The van der Waals surface area contributed by atoms with Gasteiger partial charge in [0.05, 0.1) is 4.47 Å². The number of nitrogens with one attached hydrogen (secondary N) is 1. The number of carbonyl (C=O) groups is 1. The third kappa shape index (κ3) is 3.70. The second kappa shape index (κ2) is 6.39. The van der Waals surface area contributed by atoms with E-state index in [1.165, 1.54) is 0 Å². The van der Waals surface area contributed by atoms with E-state index in [0.717, 1.165) is 36.2 Å². The summed E-state index contributed by atoms with van der Waals surface area (Å²) in [4.78, 5) is 14.1. The zero-order valence-electron chi connectivity index (χ0n) is 11.3. The van der Waals surface area contributed by atoms with Gasteiger partial charge >= 0.3 is 0 Å². The number of rotatable bonds is 3. The summed E-state index contributed by atoms with van der Waals surface area (Å²) in [7, 11) is 0. The van der Waals surface area contributed by atoms with Crippen molar-refractivity contribution in [3.05, 3.63) is 28.2 Å². The summed E-state index contributed by atoms with van der Waals surface area (Å²) in [5.74, 6) is 0.760. The minimum Gasteiger partial charge on any atom is -0.480 e. The molecular weight excluding hydrogens is 308 g/mol. The van der Waals surface area contributed by atoms with Crippen LogP contribution >= 0.6 is 15.9 Å². The summed E-state index contributed by atoms with van der Waals surface area (Å²) in [6.07, 6.45) is -0.461. The van der Waals surface area contributed by atoms with Gasteiger partial charge in [0.1, 0.15) is 5.75 Å². The van der Waals surface area contributed by atoms with Crippen LogP contribution in [0.5, 0.6) is 5.75 Å². The molecule has 1 unspecified atom stereocenters. The van der Waals surface area contributed by atoms with E-state index in [-0.39, 0.29) is 5.91 Å². The Morgan fingerprint density at radius 1 is 1.42 bits per heavy atom. The Morgan fingerprint density at radius 3 is 2.74 bits per heavy atom. The molecule has 1 aliphatic rings. The Bertz CT molecular complexity index is 459. The van der Waals surface area contributed by atoms with Crippen LogP contribution in [-0.4, -0.2) is 43.1 Å². The van der Waals surface area contributed by atoms with Gasteiger partial charge in [-0.25, -0.2) is 0 Å². The van der Waals surface area contributed by atoms with Crippen LogP contribution in [0.1, 0.15) is 12.5 Å². The first-order chi connectivity index (χ1) is 9.08. The number of ether oxygens (including phenoxy) is 1. The fourth-order valence-electron chi connectivity index (χ4n) is 2.08. The van der Waals surface area contributed by atoms with Gasteiger partial charge in [0.2, 0.25) is 0 Å². The zero-order valence-corrected chi connectivity index (χ0v) is 12.9. The number of amides is 1. The molecule has 1 atom stereocenters. The predicted octanol–water partition coefficient (Wildman–Crippen LogP) is 1.96. The lowest BCUT2D eigenvalue weighted by molar-refractivity contribution is -0.138. The van der Waals surface area contributed by atoms with Crippen molar-refractivity contribution in [2.45, 2.75) is 20.0 Å². The second-order valence-corrected chi connectivity index (χ2v) is 5.62. The summed E-state index contributed by atoms with van der Waals surface area (Å²) in [6, 6.07) is 5.85. The quantitative estimate of drug-likeness (QED) is 0.923. The van der Waals surface area contributed by atoms with Gasteiger partial charge in [-0.1, -0.05) is 6.07 Å². The molecular formula is C14H19BrN2O2. The lowest BCUT2D eigenvalue weighted by atomic mass is 10.2. The number of benzene rings is 1. The van der Waals surface area contributed by atoms with Gasteiger partial charge < -0.3 is 15.0 Å². The molecule has 19 heavy (non-hydrogen) atoms. The number of hydrogen-bond donors (Lipinski definition) is 1. The highest BCUT2D eigenvalue weighted by Gasteiger charge is 2.23. The molecule has 1 amide bonds. The van der Waals surface area contributed by atoms with E-state index >= 15 is 0 Å². The SMILES string of the molecule is Cc1ccc(OC(C)C(=O)N2CCNCC2)c(Br)c1. The number of halogens is 1. The van der Waals surface area contributed by atoms with E-state index in [0.29, 0.717) is 5.75 Å². The number of hydrogen-bond acceptors (Lipinski definition) is 3. The first kappa shape index (κ1) is 14.3. The molecule has 1 aromatic rings. The van der Waals surface area contributed by atoms with Crippen molar-refractivity contribution in [3.8, 4) is 5.75 Å². The van der Waals surface area contributed by atoms with Crippen LogP contribution in [0.4, 0.5) is 0 Å².